The lowest BCUT2D eigenvalue weighted by molar-refractivity contribution is -0.131. The number of carbonyl (C=O) groups is 2. The first-order valence-corrected chi connectivity index (χ1v) is 10.7. The second-order valence-electron chi connectivity index (χ2n) is 7.66. The van der Waals surface area contributed by atoms with Crippen molar-refractivity contribution in [3.63, 3.8) is 0 Å². The number of nitrogens with zero attached hydrogens (tertiary/aromatic N) is 2. The largest absolute Gasteiger partial charge is 0.497 e. The maximum absolute atomic E-state index is 12.9. The number of hydrogen-bond acceptors (Lipinski definition) is 4. The maximum Gasteiger partial charge on any atom is 0.291 e. The van der Waals surface area contributed by atoms with Gasteiger partial charge in [-0.3, -0.25) is 9.59 Å². The van der Waals surface area contributed by atoms with Crippen LogP contribution < -0.4 is 10.1 Å². The molecule has 4 aromatic rings. The number of hydrogen-bond donors (Lipinski definition) is 1. The van der Waals surface area contributed by atoms with E-state index in [1.54, 1.807) is 19.2 Å². The van der Waals surface area contributed by atoms with Gasteiger partial charge in [-0.05, 0) is 63.2 Å². The summed E-state index contributed by atoms with van der Waals surface area (Å²) in [6.45, 7) is 7.49. The number of ether oxygens (including phenoxy) is 1. The van der Waals surface area contributed by atoms with Crippen LogP contribution in [0.5, 0.6) is 5.75 Å². The fourth-order valence-corrected chi connectivity index (χ4v) is 3.97. The van der Waals surface area contributed by atoms with Gasteiger partial charge in [0.15, 0.2) is 5.76 Å². The number of aromatic nitrogens is 1. The minimum Gasteiger partial charge on any atom is -0.497 e. The van der Waals surface area contributed by atoms with Crippen molar-refractivity contribution in [1.29, 1.82) is 0 Å². The molecule has 7 heteroatoms. The molecule has 1 N–H and O–H groups in total. The number of nitrogens with one attached hydrogen (secondary N) is 1. The molecule has 0 atom stereocenters. The van der Waals surface area contributed by atoms with Crippen LogP contribution in [-0.4, -0.2) is 41.5 Å². The van der Waals surface area contributed by atoms with Crippen LogP contribution in [0.25, 0.3) is 21.9 Å². The molecule has 166 valence electrons. The number of fused-ring (bicyclic) bond motifs is 2. The topological polar surface area (TPSA) is 76.7 Å². The summed E-state index contributed by atoms with van der Waals surface area (Å²) in [6.07, 6.45) is 1.90. The van der Waals surface area contributed by atoms with Crippen LogP contribution in [0, 0.1) is 6.92 Å². The molecule has 0 bridgehead atoms. The van der Waals surface area contributed by atoms with Gasteiger partial charge in [-0.1, -0.05) is 0 Å². The Bertz CT molecular complexity index is 1300. The van der Waals surface area contributed by atoms with Crippen LogP contribution >= 0.6 is 0 Å². The van der Waals surface area contributed by atoms with Crippen molar-refractivity contribution < 1.29 is 18.7 Å². The van der Waals surface area contributed by atoms with Gasteiger partial charge >= 0.3 is 0 Å². The van der Waals surface area contributed by atoms with E-state index in [-0.39, 0.29) is 17.6 Å². The van der Waals surface area contributed by atoms with Gasteiger partial charge in [0, 0.05) is 46.8 Å². The van der Waals surface area contributed by atoms with Gasteiger partial charge in [0.25, 0.3) is 5.91 Å². The van der Waals surface area contributed by atoms with Crippen molar-refractivity contribution in [3.05, 3.63) is 60.0 Å². The van der Waals surface area contributed by atoms with Gasteiger partial charge in [-0.15, -0.1) is 0 Å². The number of methoxy groups -OCH3 is 1. The fourth-order valence-electron chi connectivity index (χ4n) is 3.97. The molecule has 0 unspecified atom stereocenters. The van der Waals surface area contributed by atoms with E-state index in [2.05, 4.69) is 5.32 Å². The average molecular weight is 434 g/mol. The summed E-state index contributed by atoms with van der Waals surface area (Å²) < 4.78 is 13.0. The highest BCUT2D eigenvalue weighted by molar-refractivity contribution is 6.07. The summed E-state index contributed by atoms with van der Waals surface area (Å²) in [5.74, 6) is 0.758. The van der Waals surface area contributed by atoms with Crippen molar-refractivity contribution in [2.24, 2.45) is 0 Å². The molecular formula is C25H27N3O4. The molecule has 0 fully saturated rings. The maximum atomic E-state index is 12.9. The number of carbonyl (C=O) groups excluding carboxylic acids is 2. The normalized spacial score (nSPS) is 11.1. The van der Waals surface area contributed by atoms with E-state index in [4.69, 9.17) is 9.15 Å². The Morgan fingerprint density at radius 2 is 1.88 bits per heavy atom. The molecule has 7 nitrogen and oxygen atoms in total. The molecule has 0 saturated heterocycles. The number of rotatable bonds is 7. The van der Waals surface area contributed by atoms with E-state index >= 15 is 0 Å². The zero-order valence-corrected chi connectivity index (χ0v) is 18.8. The van der Waals surface area contributed by atoms with Crippen molar-refractivity contribution in [3.8, 4) is 5.75 Å². The van der Waals surface area contributed by atoms with E-state index in [0.29, 0.717) is 36.7 Å². The molecule has 32 heavy (non-hydrogen) atoms. The van der Waals surface area contributed by atoms with Crippen LogP contribution in [0.3, 0.4) is 0 Å². The molecule has 2 amide bonds. The van der Waals surface area contributed by atoms with Crippen LogP contribution in [-0.2, 0) is 11.3 Å². The van der Waals surface area contributed by atoms with Gasteiger partial charge in [-0.25, -0.2) is 0 Å². The second-order valence-corrected chi connectivity index (χ2v) is 7.66. The van der Waals surface area contributed by atoms with Crippen LogP contribution in [0.4, 0.5) is 5.69 Å². The van der Waals surface area contributed by atoms with Gasteiger partial charge in [0.1, 0.15) is 17.9 Å². The second kappa shape index (κ2) is 8.78. The Morgan fingerprint density at radius 1 is 1.09 bits per heavy atom. The highest BCUT2D eigenvalue weighted by Crippen LogP contribution is 2.29. The van der Waals surface area contributed by atoms with Crippen molar-refractivity contribution in [2.75, 3.05) is 25.5 Å². The summed E-state index contributed by atoms with van der Waals surface area (Å²) in [7, 11) is 1.60. The minimum absolute atomic E-state index is 0.0851. The summed E-state index contributed by atoms with van der Waals surface area (Å²) in [5, 5.41) is 4.71. The number of anilines is 1. The van der Waals surface area contributed by atoms with E-state index in [1.165, 1.54) is 0 Å². The molecule has 0 spiro atoms. The van der Waals surface area contributed by atoms with Crippen LogP contribution in [0.2, 0.25) is 0 Å². The molecule has 2 aromatic carbocycles. The van der Waals surface area contributed by atoms with Crippen LogP contribution in [0.15, 0.2) is 53.1 Å². The molecule has 0 radical (unpaired) electrons. The summed E-state index contributed by atoms with van der Waals surface area (Å²) in [4.78, 5) is 27.2. The molecule has 2 heterocycles. The molecule has 2 aromatic heterocycles. The lowest BCUT2D eigenvalue weighted by Crippen LogP contribution is -2.33. The third-order valence-corrected chi connectivity index (χ3v) is 5.80. The standard InChI is InChI=1S/C25H27N3O4/c1-5-27(6-2)23(29)15-28-12-11-17-13-18(7-9-21(17)28)26-25(30)24-16(3)20-14-19(31-4)8-10-22(20)32-24/h7-14H,5-6,15H2,1-4H3,(H,26,30). The van der Waals surface area contributed by atoms with Gasteiger partial charge in [-0.2, -0.15) is 0 Å². The number of aryl methyl sites for hydroxylation is 1. The Kier molecular flexibility index (Phi) is 5.90. The fraction of sp³-hybridized carbons (Fsp3) is 0.280. The first-order chi connectivity index (χ1) is 15.4. The van der Waals surface area contributed by atoms with Crippen molar-refractivity contribution in [1.82, 2.24) is 9.47 Å². The number of benzene rings is 2. The predicted molar refractivity (Wildman–Crippen MR) is 125 cm³/mol. The summed E-state index contributed by atoms with van der Waals surface area (Å²) in [5.41, 5.74) is 3.00. The van der Waals surface area contributed by atoms with E-state index in [0.717, 1.165) is 21.9 Å². The molecule has 0 aliphatic carbocycles. The Morgan fingerprint density at radius 3 is 2.59 bits per heavy atom. The number of amides is 2. The molecule has 4 rings (SSSR count). The third-order valence-electron chi connectivity index (χ3n) is 5.80. The first kappa shape index (κ1) is 21.5. The predicted octanol–water partition coefficient (Wildman–Crippen LogP) is 4.83. The van der Waals surface area contributed by atoms with Gasteiger partial charge in [0.05, 0.1) is 7.11 Å². The first-order valence-electron chi connectivity index (χ1n) is 10.7. The molecular weight excluding hydrogens is 406 g/mol. The van der Waals surface area contributed by atoms with Crippen molar-refractivity contribution >= 4 is 39.4 Å². The molecule has 0 saturated carbocycles. The highest BCUT2D eigenvalue weighted by Gasteiger charge is 2.19. The SMILES string of the molecule is CCN(CC)C(=O)Cn1ccc2cc(NC(=O)c3oc4ccc(OC)cc4c3C)ccc21. The zero-order chi connectivity index (χ0) is 22.8. The summed E-state index contributed by atoms with van der Waals surface area (Å²) >= 11 is 0. The highest BCUT2D eigenvalue weighted by atomic mass is 16.5. The zero-order valence-electron chi connectivity index (χ0n) is 18.8. The van der Waals surface area contributed by atoms with Gasteiger partial charge < -0.3 is 23.9 Å². The van der Waals surface area contributed by atoms with Crippen molar-refractivity contribution in [2.45, 2.75) is 27.3 Å². The monoisotopic (exact) mass is 433 g/mol. The Hall–Kier alpha value is -3.74. The third kappa shape index (κ3) is 3.93. The molecule has 0 aliphatic rings. The molecule has 0 aliphatic heterocycles. The summed E-state index contributed by atoms with van der Waals surface area (Å²) in [6, 6.07) is 13.0. The van der Waals surface area contributed by atoms with E-state index in [9.17, 15) is 9.59 Å². The van der Waals surface area contributed by atoms with E-state index in [1.807, 2.05) is 66.8 Å². The quantitative estimate of drug-likeness (QED) is 0.453. The minimum atomic E-state index is -0.312. The van der Waals surface area contributed by atoms with Crippen LogP contribution in [0.1, 0.15) is 30.0 Å². The average Bonchev–Trinajstić information content (AvgIpc) is 3.34. The Balaban J connectivity index is 1.55. The lowest BCUT2D eigenvalue weighted by Gasteiger charge is -2.19. The number of likely N-dealkylation sites (N-methyl/N-ethyl adjacent to an activating group) is 1. The van der Waals surface area contributed by atoms with Gasteiger partial charge in [0.2, 0.25) is 5.91 Å². The number of furan rings is 1. The van der Waals surface area contributed by atoms with E-state index < -0.39 is 0 Å². The Labute approximate surface area is 186 Å². The smallest absolute Gasteiger partial charge is 0.291 e. The lowest BCUT2D eigenvalue weighted by atomic mass is 10.1.